The topological polar surface area (TPSA) is 82.0 Å². The third kappa shape index (κ3) is 3.85. The Bertz CT molecular complexity index is 859. The molecule has 1 N–H and O–H groups in total. The molecule has 25 heavy (non-hydrogen) atoms. The molecule has 0 atom stereocenters. The molecule has 3 rings (SSSR count). The van der Waals surface area contributed by atoms with Crippen LogP contribution in [0.3, 0.4) is 0 Å². The van der Waals surface area contributed by atoms with Crippen LogP contribution in [0.4, 0.5) is 0 Å². The van der Waals surface area contributed by atoms with Crippen molar-refractivity contribution < 1.29 is 14.3 Å². The first-order valence-electron chi connectivity index (χ1n) is 8.01. The van der Waals surface area contributed by atoms with Crippen molar-refractivity contribution in [1.82, 2.24) is 19.7 Å². The summed E-state index contributed by atoms with van der Waals surface area (Å²) in [6.07, 6.45) is 1.93. The third-order valence-corrected chi connectivity index (χ3v) is 4.63. The molecular formula is C17H20N4O3S. The number of thioether (sulfide) groups is 1. The van der Waals surface area contributed by atoms with Gasteiger partial charge in [-0.2, -0.15) is 0 Å². The van der Waals surface area contributed by atoms with Gasteiger partial charge >= 0.3 is 5.97 Å². The highest BCUT2D eigenvalue weighted by Gasteiger charge is 2.18. The first kappa shape index (κ1) is 17.5. The number of nitrogens with zero attached hydrogens (tertiary/aromatic N) is 3. The van der Waals surface area contributed by atoms with Crippen molar-refractivity contribution in [2.75, 3.05) is 26.1 Å². The van der Waals surface area contributed by atoms with Crippen LogP contribution in [-0.2, 0) is 20.8 Å². The molecule has 0 aliphatic heterocycles. The normalized spacial score (nSPS) is 11.1. The number of rotatable bonds is 8. The van der Waals surface area contributed by atoms with Gasteiger partial charge in [0.15, 0.2) is 11.0 Å². The molecule has 0 bridgehead atoms. The molecule has 7 nitrogen and oxygen atoms in total. The molecule has 0 spiro atoms. The second-order valence-electron chi connectivity index (χ2n) is 5.29. The number of nitrogens with one attached hydrogen (secondary N) is 1. The minimum atomic E-state index is -0.262. The van der Waals surface area contributed by atoms with Crippen molar-refractivity contribution in [3.63, 3.8) is 0 Å². The monoisotopic (exact) mass is 360 g/mol. The Morgan fingerprint density at radius 2 is 2.16 bits per heavy atom. The van der Waals surface area contributed by atoms with Gasteiger partial charge in [0.1, 0.15) is 0 Å². The predicted octanol–water partition coefficient (Wildman–Crippen LogP) is 2.73. The molecule has 0 radical (unpaired) electrons. The Kier molecular flexibility index (Phi) is 5.72. The lowest BCUT2D eigenvalue weighted by molar-refractivity contribution is -0.139. The molecule has 0 unspecified atom stereocenters. The van der Waals surface area contributed by atoms with Crippen LogP contribution >= 0.6 is 11.8 Å². The number of benzene rings is 1. The second kappa shape index (κ2) is 8.17. The minimum Gasteiger partial charge on any atom is -0.465 e. The van der Waals surface area contributed by atoms with Crippen molar-refractivity contribution >= 4 is 28.6 Å². The molecule has 2 heterocycles. The molecule has 0 saturated carbocycles. The average molecular weight is 360 g/mol. The molecule has 0 amide bonds. The highest BCUT2D eigenvalue weighted by molar-refractivity contribution is 7.99. The summed E-state index contributed by atoms with van der Waals surface area (Å²) >= 11 is 1.32. The SMILES string of the molecule is CCOC(=O)CSc1nnc(-c2c[nH]c3ccccc23)n1CCOC. The molecule has 0 saturated heterocycles. The molecule has 0 aliphatic rings. The highest BCUT2D eigenvalue weighted by atomic mass is 32.2. The summed E-state index contributed by atoms with van der Waals surface area (Å²) in [5.74, 6) is 0.690. The molecule has 1 aromatic carbocycles. The van der Waals surface area contributed by atoms with Crippen LogP contribution in [0.2, 0.25) is 0 Å². The van der Waals surface area contributed by atoms with E-state index in [4.69, 9.17) is 9.47 Å². The van der Waals surface area contributed by atoms with E-state index in [0.717, 1.165) is 22.3 Å². The van der Waals surface area contributed by atoms with E-state index >= 15 is 0 Å². The molecule has 0 fully saturated rings. The number of fused-ring (bicyclic) bond motifs is 1. The summed E-state index contributed by atoms with van der Waals surface area (Å²) in [6.45, 7) is 3.29. The van der Waals surface area contributed by atoms with E-state index in [1.54, 1.807) is 14.0 Å². The molecule has 2 aromatic heterocycles. The maximum absolute atomic E-state index is 11.6. The van der Waals surface area contributed by atoms with Crippen LogP contribution in [0.25, 0.3) is 22.3 Å². The number of methoxy groups -OCH3 is 1. The number of hydrogen-bond acceptors (Lipinski definition) is 6. The van der Waals surface area contributed by atoms with Gasteiger partial charge in [0.25, 0.3) is 0 Å². The van der Waals surface area contributed by atoms with Crippen LogP contribution in [-0.4, -0.2) is 51.8 Å². The lowest BCUT2D eigenvalue weighted by Crippen LogP contribution is -2.10. The second-order valence-corrected chi connectivity index (χ2v) is 6.23. The van der Waals surface area contributed by atoms with Gasteiger partial charge in [0.2, 0.25) is 0 Å². The van der Waals surface area contributed by atoms with Gasteiger partial charge in [-0.05, 0) is 13.0 Å². The van der Waals surface area contributed by atoms with Crippen LogP contribution in [0.1, 0.15) is 6.92 Å². The molecule has 3 aromatic rings. The van der Waals surface area contributed by atoms with Crippen molar-refractivity contribution in [3.8, 4) is 11.4 Å². The zero-order valence-electron chi connectivity index (χ0n) is 14.2. The van der Waals surface area contributed by atoms with Crippen molar-refractivity contribution in [2.45, 2.75) is 18.6 Å². The van der Waals surface area contributed by atoms with Crippen molar-refractivity contribution in [3.05, 3.63) is 30.5 Å². The number of carbonyl (C=O) groups is 1. The lowest BCUT2D eigenvalue weighted by atomic mass is 10.1. The fourth-order valence-corrected chi connectivity index (χ4v) is 3.32. The summed E-state index contributed by atoms with van der Waals surface area (Å²) in [5, 5.41) is 10.4. The van der Waals surface area contributed by atoms with E-state index in [2.05, 4.69) is 15.2 Å². The number of aromatic amines is 1. The van der Waals surface area contributed by atoms with E-state index in [-0.39, 0.29) is 11.7 Å². The van der Waals surface area contributed by atoms with E-state index in [9.17, 15) is 4.79 Å². The molecule has 132 valence electrons. The fourth-order valence-electron chi connectivity index (χ4n) is 2.56. The van der Waals surface area contributed by atoms with Gasteiger partial charge in [-0.3, -0.25) is 9.36 Å². The van der Waals surface area contributed by atoms with Crippen LogP contribution in [0.5, 0.6) is 0 Å². The maximum Gasteiger partial charge on any atom is 0.316 e. The minimum absolute atomic E-state index is 0.201. The molecular weight excluding hydrogens is 340 g/mol. The third-order valence-electron chi connectivity index (χ3n) is 3.69. The Hall–Kier alpha value is -2.32. The zero-order valence-corrected chi connectivity index (χ0v) is 15.0. The predicted molar refractivity (Wildman–Crippen MR) is 96.5 cm³/mol. The van der Waals surface area contributed by atoms with Gasteiger partial charge in [0.05, 0.1) is 25.5 Å². The number of H-pyrrole nitrogens is 1. The Balaban J connectivity index is 1.92. The van der Waals surface area contributed by atoms with Gasteiger partial charge in [-0.1, -0.05) is 30.0 Å². The Morgan fingerprint density at radius 1 is 1.32 bits per heavy atom. The number of esters is 1. The summed E-state index contributed by atoms with van der Waals surface area (Å²) in [6, 6.07) is 8.04. The maximum atomic E-state index is 11.6. The smallest absolute Gasteiger partial charge is 0.316 e. The Morgan fingerprint density at radius 3 is 2.96 bits per heavy atom. The van der Waals surface area contributed by atoms with E-state index < -0.39 is 0 Å². The summed E-state index contributed by atoms with van der Waals surface area (Å²) in [7, 11) is 1.65. The van der Waals surface area contributed by atoms with Crippen LogP contribution < -0.4 is 0 Å². The van der Waals surface area contributed by atoms with Gasteiger partial charge in [-0.25, -0.2) is 0 Å². The fraction of sp³-hybridized carbons (Fsp3) is 0.353. The van der Waals surface area contributed by atoms with Gasteiger partial charge in [-0.15, -0.1) is 10.2 Å². The standard InChI is InChI=1S/C17H20N4O3S/c1-3-24-15(22)11-25-17-20-19-16(21(17)8-9-23-2)13-10-18-14-7-5-4-6-12(13)14/h4-7,10,18H,3,8-9,11H2,1-2H3. The molecule has 0 aliphatic carbocycles. The average Bonchev–Trinajstić information content (AvgIpc) is 3.22. The van der Waals surface area contributed by atoms with Gasteiger partial charge in [0, 0.05) is 29.8 Å². The first-order valence-corrected chi connectivity index (χ1v) is 9.00. The van der Waals surface area contributed by atoms with E-state index in [1.807, 2.05) is 35.0 Å². The van der Waals surface area contributed by atoms with Crippen LogP contribution in [0.15, 0.2) is 35.6 Å². The highest BCUT2D eigenvalue weighted by Crippen LogP contribution is 2.29. The number of ether oxygens (including phenoxy) is 2. The van der Waals surface area contributed by atoms with Crippen molar-refractivity contribution in [1.29, 1.82) is 0 Å². The van der Waals surface area contributed by atoms with E-state index in [0.29, 0.717) is 24.9 Å². The number of aromatic nitrogens is 4. The quantitative estimate of drug-likeness (QED) is 0.491. The lowest BCUT2D eigenvalue weighted by Gasteiger charge is -2.09. The van der Waals surface area contributed by atoms with Crippen molar-refractivity contribution in [2.24, 2.45) is 0 Å². The first-order chi connectivity index (χ1) is 12.2. The summed E-state index contributed by atoms with van der Waals surface area (Å²) in [5.41, 5.74) is 2.02. The zero-order chi connectivity index (χ0) is 17.6. The Labute approximate surface area is 149 Å². The number of hydrogen-bond donors (Lipinski definition) is 1. The summed E-state index contributed by atoms with van der Waals surface area (Å²) in [4.78, 5) is 14.9. The van der Waals surface area contributed by atoms with Crippen LogP contribution in [0, 0.1) is 0 Å². The van der Waals surface area contributed by atoms with Gasteiger partial charge < -0.3 is 14.5 Å². The number of carbonyl (C=O) groups excluding carboxylic acids is 1. The number of para-hydroxylation sites is 1. The molecule has 8 heteroatoms. The van der Waals surface area contributed by atoms with E-state index in [1.165, 1.54) is 11.8 Å². The largest absolute Gasteiger partial charge is 0.465 e. The summed E-state index contributed by atoms with van der Waals surface area (Å²) < 4.78 is 12.2.